The van der Waals surface area contributed by atoms with Gasteiger partial charge in [0.25, 0.3) is 0 Å². The average molecular weight is 296 g/mol. The first-order chi connectivity index (χ1) is 10.1. The third-order valence-electron chi connectivity index (χ3n) is 2.95. The topological polar surface area (TPSA) is 9.23 Å². The van der Waals surface area contributed by atoms with E-state index in [1.54, 1.807) is 30.3 Å². The van der Waals surface area contributed by atoms with Crippen molar-refractivity contribution in [3.63, 3.8) is 0 Å². The van der Waals surface area contributed by atoms with Crippen LogP contribution in [-0.2, 0) is 6.42 Å². The molecule has 1 nitrogen and oxygen atoms in total. The van der Waals surface area contributed by atoms with Crippen molar-refractivity contribution in [1.29, 1.82) is 0 Å². The third kappa shape index (κ3) is 3.07. The summed E-state index contributed by atoms with van der Waals surface area (Å²) in [6.45, 7) is 0. The standard InChI is InChI=1S/C16H12F4O/c1-21-16-14(19)12(17)11(13(18)15(16)20)9-5-8-10-6-3-2-4-7-10/h2-8H,9H2,1H3/b8-5+. The normalized spacial score (nSPS) is 11.1. The molecule has 0 unspecified atom stereocenters. The lowest BCUT2D eigenvalue weighted by atomic mass is 10.1. The Bertz CT molecular complexity index is 637. The fourth-order valence-electron chi connectivity index (χ4n) is 1.89. The minimum atomic E-state index is -1.53. The minimum Gasteiger partial charge on any atom is -0.491 e. The molecular weight excluding hydrogens is 284 g/mol. The first kappa shape index (κ1) is 15.1. The van der Waals surface area contributed by atoms with E-state index < -0.39 is 34.6 Å². The molecule has 2 aromatic carbocycles. The Kier molecular flexibility index (Phi) is 4.62. The van der Waals surface area contributed by atoms with Gasteiger partial charge in [-0.1, -0.05) is 42.5 Å². The first-order valence-electron chi connectivity index (χ1n) is 6.16. The van der Waals surface area contributed by atoms with Crippen LogP contribution in [0.25, 0.3) is 6.08 Å². The Morgan fingerprint density at radius 3 is 2.00 bits per heavy atom. The number of hydrogen-bond donors (Lipinski definition) is 0. The van der Waals surface area contributed by atoms with Crippen LogP contribution in [0.2, 0.25) is 0 Å². The number of methoxy groups -OCH3 is 1. The Hall–Kier alpha value is -2.30. The molecule has 5 heteroatoms. The maximum Gasteiger partial charge on any atom is 0.204 e. The molecule has 0 fully saturated rings. The van der Waals surface area contributed by atoms with Crippen molar-refractivity contribution >= 4 is 6.08 Å². The quantitative estimate of drug-likeness (QED) is 0.596. The van der Waals surface area contributed by atoms with E-state index in [1.807, 2.05) is 6.07 Å². The summed E-state index contributed by atoms with van der Waals surface area (Å²) in [5, 5.41) is 0. The summed E-state index contributed by atoms with van der Waals surface area (Å²) in [4.78, 5) is 0. The van der Waals surface area contributed by atoms with Crippen LogP contribution in [-0.4, -0.2) is 7.11 Å². The van der Waals surface area contributed by atoms with Crippen LogP contribution in [0.15, 0.2) is 36.4 Å². The molecule has 0 radical (unpaired) electrons. The monoisotopic (exact) mass is 296 g/mol. The van der Waals surface area contributed by atoms with E-state index in [0.717, 1.165) is 12.7 Å². The molecule has 2 rings (SSSR count). The van der Waals surface area contributed by atoms with Crippen molar-refractivity contribution in [3.05, 3.63) is 70.8 Å². The molecule has 0 N–H and O–H groups in total. The molecule has 21 heavy (non-hydrogen) atoms. The van der Waals surface area contributed by atoms with E-state index in [9.17, 15) is 17.6 Å². The number of halogens is 4. The van der Waals surface area contributed by atoms with Crippen molar-refractivity contribution in [1.82, 2.24) is 0 Å². The lowest BCUT2D eigenvalue weighted by Crippen LogP contribution is -2.05. The van der Waals surface area contributed by atoms with Crippen molar-refractivity contribution < 1.29 is 22.3 Å². The zero-order valence-corrected chi connectivity index (χ0v) is 11.2. The molecule has 0 spiro atoms. The zero-order chi connectivity index (χ0) is 15.4. The second-order valence-electron chi connectivity index (χ2n) is 4.28. The Morgan fingerprint density at radius 2 is 1.48 bits per heavy atom. The summed E-state index contributed by atoms with van der Waals surface area (Å²) in [5.74, 6) is -6.99. The van der Waals surface area contributed by atoms with Crippen molar-refractivity contribution in [2.24, 2.45) is 0 Å². The van der Waals surface area contributed by atoms with Gasteiger partial charge in [0, 0.05) is 5.56 Å². The fraction of sp³-hybridized carbons (Fsp3) is 0.125. The maximum absolute atomic E-state index is 13.7. The summed E-state index contributed by atoms with van der Waals surface area (Å²) < 4.78 is 58.8. The second kappa shape index (κ2) is 6.43. The lowest BCUT2D eigenvalue weighted by Gasteiger charge is -2.09. The van der Waals surface area contributed by atoms with Crippen molar-refractivity contribution in [3.8, 4) is 5.75 Å². The Labute approximate surface area is 119 Å². The summed E-state index contributed by atoms with van der Waals surface area (Å²) in [6, 6.07) is 9.00. The van der Waals surface area contributed by atoms with Crippen LogP contribution in [0.1, 0.15) is 11.1 Å². The van der Waals surface area contributed by atoms with Crippen LogP contribution in [0.4, 0.5) is 17.6 Å². The van der Waals surface area contributed by atoms with E-state index in [0.29, 0.717) is 0 Å². The van der Waals surface area contributed by atoms with Gasteiger partial charge in [0.2, 0.25) is 11.6 Å². The Balaban J connectivity index is 2.31. The molecule has 0 atom stereocenters. The van der Waals surface area contributed by atoms with E-state index in [2.05, 4.69) is 4.74 Å². The van der Waals surface area contributed by atoms with Gasteiger partial charge in [-0.2, -0.15) is 8.78 Å². The van der Waals surface area contributed by atoms with Gasteiger partial charge < -0.3 is 4.74 Å². The molecule has 0 heterocycles. The van der Waals surface area contributed by atoms with Crippen LogP contribution in [0, 0.1) is 23.3 Å². The molecular formula is C16H12F4O. The van der Waals surface area contributed by atoms with Gasteiger partial charge in [-0.3, -0.25) is 0 Å². The number of benzene rings is 2. The van der Waals surface area contributed by atoms with Crippen molar-refractivity contribution in [2.45, 2.75) is 6.42 Å². The summed E-state index contributed by atoms with van der Waals surface area (Å²) in [7, 11) is 0.940. The van der Waals surface area contributed by atoms with Gasteiger partial charge in [0.1, 0.15) is 0 Å². The van der Waals surface area contributed by atoms with Crippen LogP contribution >= 0.6 is 0 Å². The van der Waals surface area contributed by atoms with Crippen molar-refractivity contribution in [2.75, 3.05) is 7.11 Å². The highest BCUT2D eigenvalue weighted by Gasteiger charge is 2.25. The lowest BCUT2D eigenvalue weighted by molar-refractivity contribution is 0.329. The second-order valence-corrected chi connectivity index (χ2v) is 4.28. The summed E-state index contributed by atoms with van der Waals surface area (Å²) in [6.07, 6.45) is 2.77. The highest BCUT2D eigenvalue weighted by molar-refractivity contribution is 5.49. The number of allylic oxidation sites excluding steroid dienone is 1. The van der Waals surface area contributed by atoms with E-state index in [1.165, 1.54) is 6.08 Å². The maximum atomic E-state index is 13.7. The van der Waals surface area contributed by atoms with Crippen LogP contribution in [0.5, 0.6) is 5.75 Å². The first-order valence-corrected chi connectivity index (χ1v) is 6.16. The molecule has 0 bridgehead atoms. The van der Waals surface area contributed by atoms with Gasteiger partial charge in [-0.15, -0.1) is 0 Å². The highest BCUT2D eigenvalue weighted by Crippen LogP contribution is 2.30. The predicted octanol–water partition coefficient (Wildman–Crippen LogP) is 4.51. The SMILES string of the molecule is COc1c(F)c(F)c(C/C=C/c2ccccc2)c(F)c1F. The third-order valence-corrected chi connectivity index (χ3v) is 2.95. The summed E-state index contributed by atoms with van der Waals surface area (Å²) >= 11 is 0. The molecule has 0 aromatic heterocycles. The Morgan fingerprint density at radius 1 is 0.905 bits per heavy atom. The van der Waals surface area contributed by atoms with Gasteiger partial charge in [0.15, 0.2) is 17.4 Å². The molecule has 0 amide bonds. The summed E-state index contributed by atoms with van der Waals surface area (Å²) in [5.41, 5.74) is 0.144. The molecule has 0 saturated carbocycles. The number of rotatable bonds is 4. The highest BCUT2D eigenvalue weighted by atomic mass is 19.2. The van der Waals surface area contributed by atoms with Crippen LogP contribution < -0.4 is 4.74 Å². The fourth-order valence-corrected chi connectivity index (χ4v) is 1.89. The van der Waals surface area contributed by atoms with Gasteiger partial charge in [0.05, 0.1) is 7.11 Å². The molecule has 0 aliphatic heterocycles. The zero-order valence-electron chi connectivity index (χ0n) is 11.2. The number of hydrogen-bond acceptors (Lipinski definition) is 1. The largest absolute Gasteiger partial charge is 0.491 e. The average Bonchev–Trinajstić information content (AvgIpc) is 2.50. The van der Waals surface area contributed by atoms with Crippen LogP contribution in [0.3, 0.4) is 0 Å². The molecule has 110 valence electrons. The molecule has 0 aliphatic rings. The van der Waals surface area contributed by atoms with Gasteiger partial charge >= 0.3 is 0 Å². The molecule has 0 saturated heterocycles. The molecule has 2 aromatic rings. The van der Waals surface area contributed by atoms with E-state index in [-0.39, 0.29) is 6.42 Å². The van der Waals surface area contributed by atoms with E-state index >= 15 is 0 Å². The predicted molar refractivity (Wildman–Crippen MR) is 72.0 cm³/mol. The van der Waals surface area contributed by atoms with Gasteiger partial charge in [-0.25, -0.2) is 8.78 Å². The molecule has 0 aliphatic carbocycles. The number of ether oxygens (including phenoxy) is 1. The van der Waals surface area contributed by atoms with E-state index in [4.69, 9.17) is 0 Å². The minimum absolute atomic E-state index is 0.273. The van der Waals surface area contributed by atoms with Gasteiger partial charge in [-0.05, 0) is 12.0 Å². The smallest absolute Gasteiger partial charge is 0.204 e.